The van der Waals surface area contributed by atoms with E-state index in [1.165, 1.54) is 5.56 Å². The van der Waals surface area contributed by atoms with Crippen LogP contribution in [-0.4, -0.2) is 12.1 Å². The van der Waals surface area contributed by atoms with Gasteiger partial charge in [-0.3, -0.25) is 0 Å². The molecule has 2 heteroatoms. The van der Waals surface area contributed by atoms with E-state index in [4.69, 9.17) is 10.5 Å². The van der Waals surface area contributed by atoms with Gasteiger partial charge in [0, 0.05) is 11.5 Å². The molecule has 0 amide bonds. The standard InChI is InChI=1S/C17H29NO/c1-7-12(2)14-8-10-15(11-9-14)19-16(13(3)18)17(4,5)6/h8-13,16H,7,18H2,1-6H3. The first-order chi connectivity index (χ1) is 8.75. The zero-order chi connectivity index (χ0) is 14.6. The lowest BCUT2D eigenvalue weighted by molar-refractivity contribution is 0.0684. The fraction of sp³-hybridized carbons (Fsp3) is 0.647. The maximum Gasteiger partial charge on any atom is 0.119 e. The second kappa shape index (κ2) is 6.42. The highest BCUT2D eigenvalue weighted by molar-refractivity contribution is 5.29. The maximum atomic E-state index is 6.08. The summed E-state index contributed by atoms with van der Waals surface area (Å²) in [5.41, 5.74) is 7.44. The molecule has 1 aromatic carbocycles. The smallest absolute Gasteiger partial charge is 0.119 e. The minimum atomic E-state index is 0.00856. The van der Waals surface area contributed by atoms with Crippen LogP contribution in [-0.2, 0) is 0 Å². The summed E-state index contributed by atoms with van der Waals surface area (Å²) in [6.07, 6.45) is 1.17. The van der Waals surface area contributed by atoms with Crippen LogP contribution < -0.4 is 10.5 Å². The quantitative estimate of drug-likeness (QED) is 0.857. The lowest BCUT2D eigenvalue weighted by Gasteiger charge is -2.34. The van der Waals surface area contributed by atoms with Gasteiger partial charge < -0.3 is 10.5 Å². The van der Waals surface area contributed by atoms with Gasteiger partial charge in [-0.25, -0.2) is 0 Å². The van der Waals surface area contributed by atoms with Crippen LogP contribution >= 0.6 is 0 Å². The first-order valence-electron chi connectivity index (χ1n) is 7.28. The third kappa shape index (κ3) is 4.54. The van der Waals surface area contributed by atoms with Crippen molar-refractivity contribution in [2.24, 2.45) is 11.1 Å². The van der Waals surface area contributed by atoms with Gasteiger partial charge in [-0.15, -0.1) is 0 Å². The molecule has 0 aliphatic heterocycles. The van der Waals surface area contributed by atoms with Gasteiger partial charge in [0.1, 0.15) is 11.9 Å². The molecule has 0 saturated heterocycles. The molecule has 0 fully saturated rings. The zero-order valence-electron chi connectivity index (χ0n) is 13.2. The summed E-state index contributed by atoms with van der Waals surface area (Å²) in [6, 6.07) is 8.44. The summed E-state index contributed by atoms with van der Waals surface area (Å²) in [6.45, 7) is 12.9. The molecule has 0 heterocycles. The maximum absolute atomic E-state index is 6.08. The van der Waals surface area contributed by atoms with Gasteiger partial charge in [0.05, 0.1) is 0 Å². The Morgan fingerprint density at radius 1 is 1.11 bits per heavy atom. The van der Waals surface area contributed by atoms with Crippen molar-refractivity contribution in [3.05, 3.63) is 29.8 Å². The molecule has 3 atom stereocenters. The van der Waals surface area contributed by atoms with Crippen molar-refractivity contribution in [3.63, 3.8) is 0 Å². The van der Waals surface area contributed by atoms with E-state index in [-0.39, 0.29) is 17.6 Å². The van der Waals surface area contributed by atoms with E-state index in [2.05, 4.69) is 58.9 Å². The lowest BCUT2D eigenvalue weighted by atomic mass is 9.85. The van der Waals surface area contributed by atoms with Crippen molar-refractivity contribution in [1.82, 2.24) is 0 Å². The van der Waals surface area contributed by atoms with E-state index < -0.39 is 0 Å². The SMILES string of the molecule is CCC(C)c1ccc(OC(C(C)N)C(C)(C)C)cc1. The van der Waals surface area contributed by atoms with E-state index in [1.807, 2.05) is 6.92 Å². The molecule has 0 saturated carbocycles. The summed E-state index contributed by atoms with van der Waals surface area (Å²) in [5, 5.41) is 0. The van der Waals surface area contributed by atoms with Crippen LogP contribution in [0.5, 0.6) is 5.75 Å². The van der Waals surface area contributed by atoms with Crippen LogP contribution in [0, 0.1) is 5.41 Å². The number of hydrogen-bond acceptors (Lipinski definition) is 2. The van der Waals surface area contributed by atoms with E-state index in [9.17, 15) is 0 Å². The van der Waals surface area contributed by atoms with Gasteiger partial charge in [0.15, 0.2) is 0 Å². The molecule has 0 aromatic heterocycles. The molecule has 0 aliphatic rings. The fourth-order valence-electron chi connectivity index (χ4n) is 2.33. The predicted molar refractivity (Wildman–Crippen MR) is 82.7 cm³/mol. The molecule has 2 nitrogen and oxygen atoms in total. The molecule has 1 aromatic rings. The van der Waals surface area contributed by atoms with Gasteiger partial charge in [-0.2, -0.15) is 0 Å². The summed E-state index contributed by atoms with van der Waals surface area (Å²) >= 11 is 0. The molecule has 19 heavy (non-hydrogen) atoms. The number of nitrogens with two attached hydrogens (primary N) is 1. The molecular weight excluding hydrogens is 234 g/mol. The number of ether oxygens (including phenoxy) is 1. The Kier molecular flexibility index (Phi) is 5.42. The topological polar surface area (TPSA) is 35.2 Å². The van der Waals surface area contributed by atoms with Gasteiger partial charge in [0.2, 0.25) is 0 Å². The van der Waals surface area contributed by atoms with Crippen LogP contribution in [0.3, 0.4) is 0 Å². The van der Waals surface area contributed by atoms with Crippen LogP contribution in [0.15, 0.2) is 24.3 Å². The number of rotatable bonds is 5. The Morgan fingerprint density at radius 3 is 2.00 bits per heavy atom. The first kappa shape index (κ1) is 16.0. The number of hydrogen-bond donors (Lipinski definition) is 1. The fourth-order valence-corrected chi connectivity index (χ4v) is 2.33. The molecule has 0 radical (unpaired) electrons. The predicted octanol–water partition coefficient (Wildman–Crippen LogP) is 4.34. The summed E-state index contributed by atoms with van der Waals surface area (Å²) in [7, 11) is 0. The summed E-state index contributed by atoms with van der Waals surface area (Å²) < 4.78 is 6.08. The van der Waals surface area contributed by atoms with Crippen molar-refractivity contribution in [2.45, 2.75) is 66.0 Å². The van der Waals surface area contributed by atoms with Crippen LogP contribution in [0.2, 0.25) is 0 Å². The Hall–Kier alpha value is -1.02. The van der Waals surface area contributed by atoms with Gasteiger partial charge in [-0.1, -0.05) is 46.8 Å². The molecule has 2 N–H and O–H groups in total. The molecule has 108 valence electrons. The normalized spacial score (nSPS) is 16.8. The molecule has 0 spiro atoms. The Morgan fingerprint density at radius 2 is 1.63 bits per heavy atom. The van der Waals surface area contributed by atoms with Gasteiger partial charge in [-0.05, 0) is 37.0 Å². The van der Waals surface area contributed by atoms with Crippen molar-refractivity contribution in [3.8, 4) is 5.75 Å². The molecule has 0 bridgehead atoms. The van der Waals surface area contributed by atoms with Crippen molar-refractivity contribution in [1.29, 1.82) is 0 Å². The van der Waals surface area contributed by atoms with Crippen LogP contribution in [0.4, 0.5) is 0 Å². The van der Waals surface area contributed by atoms with Crippen molar-refractivity contribution >= 4 is 0 Å². The van der Waals surface area contributed by atoms with Crippen molar-refractivity contribution in [2.75, 3.05) is 0 Å². The lowest BCUT2D eigenvalue weighted by Crippen LogP contribution is -2.45. The monoisotopic (exact) mass is 263 g/mol. The minimum Gasteiger partial charge on any atom is -0.488 e. The van der Waals surface area contributed by atoms with Crippen LogP contribution in [0.1, 0.15) is 59.4 Å². The summed E-state index contributed by atoms with van der Waals surface area (Å²) in [5.74, 6) is 1.50. The van der Waals surface area contributed by atoms with E-state index in [0.29, 0.717) is 5.92 Å². The number of benzene rings is 1. The van der Waals surface area contributed by atoms with E-state index in [0.717, 1.165) is 12.2 Å². The van der Waals surface area contributed by atoms with Crippen LogP contribution in [0.25, 0.3) is 0 Å². The minimum absolute atomic E-state index is 0.00856. The van der Waals surface area contributed by atoms with E-state index in [1.54, 1.807) is 0 Å². The Balaban J connectivity index is 2.81. The highest BCUT2D eigenvalue weighted by atomic mass is 16.5. The zero-order valence-corrected chi connectivity index (χ0v) is 13.2. The summed E-state index contributed by atoms with van der Waals surface area (Å²) in [4.78, 5) is 0. The average molecular weight is 263 g/mol. The van der Waals surface area contributed by atoms with E-state index >= 15 is 0 Å². The third-order valence-electron chi connectivity index (χ3n) is 3.66. The molecular formula is C17H29NO. The average Bonchev–Trinajstić information content (AvgIpc) is 2.34. The molecule has 3 unspecified atom stereocenters. The molecule has 0 aliphatic carbocycles. The third-order valence-corrected chi connectivity index (χ3v) is 3.66. The first-order valence-corrected chi connectivity index (χ1v) is 7.28. The second-order valence-corrected chi connectivity index (χ2v) is 6.64. The molecule has 1 rings (SSSR count). The second-order valence-electron chi connectivity index (χ2n) is 6.64. The van der Waals surface area contributed by atoms with Gasteiger partial charge >= 0.3 is 0 Å². The van der Waals surface area contributed by atoms with Crippen molar-refractivity contribution < 1.29 is 4.74 Å². The largest absolute Gasteiger partial charge is 0.488 e. The van der Waals surface area contributed by atoms with Gasteiger partial charge in [0.25, 0.3) is 0 Å². The Bertz CT molecular complexity index is 375. The Labute approximate surface area is 118 Å². The highest BCUT2D eigenvalue weighted by Gasteiger charge is 2.29. The highest BCUT2D eigenvalue weighted by Crippen LogP contribution is 2.28.